The maximum atomic E-state index is 12.3. The Bertz CT molecular complexity index is 1150. The quantitative estimate of drug-likeness (QED) is 0.600. The number of nitrogens with one attached hydrogen (secondary N) is 2. The standard InChI is InChI=1S/C23H22N4O4S/c28-21(11-24-22(29)16-6-7-18-19(10-16)31-14-30-18)26-23-25-17-8-9-27(13-20(17)32-23)12-15-4-2-1-3-5-15/h1-7,10H,8-9,11-14H2,(H,24,29)(H,25,26,28). The lowest BCUT2D eigenvalue weighted by atomic mass is 10.1. The first-order valence-corrected chi connectivity index (χ1v) is 11.2. The summed E-state index contributed by atoms with van der Waals surface area (Å²) in [5.74, 6) is 0.464. The Kier molecular flexibility index (Phi) is 5.74. The molecule has 164 valence electrons. The number of anilines is 1. The summed E-state index contributed by atoms with van der Waals surface area (Å²) in [6.45, 7) is 2.65. The molecular formula is C23H22N4O4S. The molecule has 2 aliphatic heterocycles. The topological polar surface area (TPSA) is 92.8 Å². The van der Waals surface area contributed by atoms with Crippen LogP contribution in [-0.2, 0) is 24.3 Å². The summed E-state index contributed by atoms with van der Waals surface area (Å²) in [7, 11) is 0. The minimum atomic E-state index is -0.353. The van der Waals surface area contributed by atoms with Crippen molar-refractivity contribution in [3.05, 3.63) is 70.2 Å². The minimum Gasteiger partial charge on any atom is -0.454 e. The highest BCUT2D eigenvalue weighted by Gasteiger charge is 2.22. The molecule has 2 aliphatic rings. The first-order chi connectivity index (χ1) is 15.6. The molecule has 0 atom stereocenters. The first-order valence-electron chi connectivity index (χ1n) is 10.4. The van der Waals surface area contributed by atoms with Crippen LogP contribution in [0.5, 0.6) is 11.5 Å². The monoisotopic (exact) mass is 450 g/mol. The maximum Gasteiger partial charge on any atom is 0.251 e. The van der Waals surface area contributed by atoms with Crippen molar-refractivity contribution in [2.24, 2.45) is 0 Å². The average molecular weight is 451 g/mol. The van der Waals surface area contributed by atoms with Gasteiger partial charge in [-0.25, -0.2) is 4.98 Å². The third kappa shape index (κ3) is 4.58. The van der Waals surface area contributed by atoms with Crippen molar-refractivity contribution in [1.29, 1.82) is 0 Å². The Balaban J connectivity index is 1.13. The van der Waals surface area contributed by atoms with Gasteiger partial charge in [-0.15, -0.1) is 11.3 Å². The van der Waals surface area contributed by atoms with Crippen LogP contribution in [0.4, 0.5) is 5.13 Å². The molecular weight excluding hydrogens is 428 g/mol. The maximum absolute atomic E-state index is 12.3. The molecule has 8 nitrogen and oxygen atoms in total. The van der Waals surface area contributed by atoms with Gasteiger partial charge >= 0.3 is 0 Å². The summed E-state index contributed by atoms with van der Waals surface area (Å²) in [5, 5.41) is 6.00. The number of amides is 2. The molecule has 0 fully saturated rings. The minimum absolute atomic E-state index is 0.141. The van der Waals surface area contributed by atoms with Gasteiger partial charge in [-0.3, -0.25) is 14.5 Å². The number of benzene rings is 2. The number of thiazole rings is 1. The summed E-state index contributed by atoms with van der Waals surface area (Å²) in [6.07, 6.45) is 0.857. The Labute approximate surface area is 189 Å². The second-order valence-corrected chi connectivity index (χ2v) is 8.72. The van der Waals surface area contributed by atoms with E-state index in [1.165, 1.54) is 21.8 Å². The largest absolute Gasteiger partial charge is 0.454 e. The summed E-state index contributed by atoms with van der Waals surface area (Å²) in [5.41, 5.74) is 2.73. The summed E-state index contributed by atoms with van der Waals surface area (Å²) < 4.78 is 10.5. The highest BCUT2D eigenvalue weighted by molar-refractivity contribution is 7.15. The molecule has 0 unspecified atom stereocenters. The molecule has 1 aromatic heterocycles. The van der Waals surface area contributed by atoms with Crippen LogP contribution >= 0.6 is 11.3 Å². The van der Waals surface area contributed by atoms with Crippen molar-refractivity contribution in [2.75, 3.05) is 25.2 Å². The Morgan fingerprint density at radius 2 is 1.94 bits per heavy atom. The van der Waals surface area contributed by atoms with Crippen LogP contribution in [-0.4, -0.2) is 41.6 Å². The van der Waals surface area contributed by atoms with E-state index in [1.54, 1.807) is 18.2 Å². The lowest BCUT2D eigenvalue weighted by molar-refractivity contribution is -0.115. The van der Waals surface area contributed by atoms with Crippen LogP contribution in [0.25, 0.3) is 0 Å². The zero-order valence-corrected chi connectivity index (χ0v) is 18.1. The molecule has 0 bridgehead atoms. The van der Waals surface area contributed by atoms with Crippen molar-refractivity contribution in [3.8, 4) is 11.5 Å². The van der Waals surface area contributed by atoms with Crippen molar-refractivity contribution in [1.82, 2.24) is 15.2 Å². The van der Waals surface area contributed by atoms with E-state index < -0.39 is 0 Å². The molecule has 2 amide bonds. The Hall–Kier alpha value is -3.43. The summed E-state index contributed by atoms with van der Waals surface area (Å²) in [6, 6.07) is 15.3. The number of aromatic nitrogens is 1. The second-order valence-electron chi connectivity index (χ2n) is 7.63. The molecule has 2 aromatic carbocycles. The normalized spacial score (nSPS) is 14.6. The van der Waals surface area contributed by atoms with Gasteiger partial charge in [-0.05, 0) is 23.8 Å². The van der Waals surface area contributed by atoms with Gasteiger partial charge < -0.3 is 20.1 Å². The summed E-state index contributed by atoms with van der Waals surface area (Å²) in [4.78, 5) is 32.8. The third-order valence-electron chi connectivity index (χ3n) is 5.35. The number of ether oxygens (including phenoxy) is 2. The van der Waals surface area contributed by atoms with E-state index in [4.69, 9.17) is 9.47 Å². The second kappa shape index (κ2) is 8.97. The molecule has 32 heavy (non-hydrogen) atoms. The number of nitrogens with zero attached hydrogens (tertiary/aromatic N) is 2. The molecule has 0 saturated carbocycles. The molecule has 0 aliphatic carbocycles. The van der Waals surface area contributed by atoms with Gasteiger partial charge in [0.15, 0.2) is 16.6 Å². The molecule has 2 N–H and O–H groups in total. The number of rotatable bonds is 6. The fourth-order valence-corrected chi connectivity index (χ4v) is 4.81. The van der Waals surface area contributed by atoms with Gasteiger partial charge in [0.25, 0.3) is 5.91 Å². The zero-order valence-electron chi connectivity index (χ0n) is 17.3. The van der Waals surface area contributed by atoms with E-state index in [0.717, 1.165) is 31.7 Å². The molecule has 9 heteroatoms. The lowest BCUT2D eigenvalue weighted by Crippen LogP contribution is -2.32. The van der Waals surface area contributed by atoms with E-state index in [0.29, 0.717) is 22.2 Å². The molecule has 0 spiro atoms. The Morgan fingerprint density at radius 1 is 1.09 bits per heavy atom. The fraction of sp³-hybridized carbons (Fsp3) is 0.261. The van der Waals surface area contributed by atoms with Gasteiger partial charge in [-0.1, -0.05) is 30.3 Å². The molecule has 3 aromatic rings. The van der Waals surface area contributed by atoms with E-state index in [2.05, 4.69) is 44.8 Å². The van der Waals surface area contributed by atoms with Gasteiger partial charge in [0.2, 0.25) is 12.7 Å². The van der Waals surface area contributed by atoms with Crippen LogP contribution in [0.2, 0.25) is 0 Å². The van der Waals surface area contributed by atoms with Gasteiger partial charge in [0, 0.05) is 36.5 Å². The number of carbonyl (C=O) groups is 2. The number of hydrogen-bond acceptors (Lipinski definition) is 7. The van der Waals surface area contributed by atoms with Crippen molar-refractivity contribution in [3.63, 3.8) is 0 Å². The number of hydrogen-bond donors (Lipinski definition) is 2. The average Bonchev–Trinajstić information content (AvgIpc) is 3.43. The highest BCUT2D eigenvalue weighted by Crippen LogP contribution is 2.32. The van der Waals surface area contributed by atoms with Crippen LogP contribution in [0.3, 0.4) is 0 Å². The van der Waals surface area contributed by atoms with Gasteiger partial charge in [0.1, 0.15) is 0 Å². The highest BCUT2D eigenvalue weighted by atomic mass is 32.1. The number of fused-ring (bicyclic) bond motifs is 2. The van der Waals surface area contributed by atoms with Crippen LogP contribution in [0.1, 0.15) is 26.5 Å². The smallest absolute Gasteiger partial charge is 0.251 e. The van der Waals surface area contributed by atoms with Crippen LogP contribution < -0.4 is 20.1 Å². The van der Waals surface area contributed by atoms with Gasteiger partial charge in [0.05, 0.1) is 12.2 Å². The summed E-state index contributed by atoms with van der Waals surface area (Å²) >= 11 is 1.49. The van der Waals surface area contributed by atoms with Crippen molar-refractivity contribution >= 4 is 28.3 Å². The van der Waals surface area contributed by atoms with E-state index in [-0.39, 0.29) is 25.2 Å². The fourth-order valence-electron chi connectivity index (χ4n) is 3.74. The van der Waals surface area contributed by atoms with E-state index in [9.17, 15) is 9.59 Å². The zero-order chi connectivity index (χ0) is 21.9. The van der Waals surface area contributed by atoms with Gasteiger partial charge in [-0.2, -0.15) is 0 Å². The van der Waals surface area contributed by atoms with E-state index in [1.807, 2.05) is 6.07 Å². The molecule has 3 heterocycles. The third-order valence-corrected chi connectivity index (χ3v) is 6.35. The van der Waals surface area contributed by atoms with Crippen molar-refractivity contribution < 1.29 is 19.1 Å². The SMILES string of the molecule is O=C(CNC(=O)c1ccc2c(c1)OCO2)Nc1nc2c(s1)CN(Cc1ccccc1)CC2. The van der Waals surface area contributed by atoms with Crippen LogP contribution in [0, 0.1) is 0 Å². The predicted molar refractivity (Wildman–Crippen MR) is 120 cm³/mol. The number of carbonyl (C=O) groups excluding carboxylic acids is 2. The molecule has 5 rings (SSSR count). The van der Waals surface area contributed by atoms with E-state index >= 15 is 0 Å². The van der Waals surface area contributed by atoms with Crippen molar-refractivity contribution in [2.45, 2.75) is 19.5 Å². The lowest BCUT2D eigenvalue weighted by Gasteiger charge is -2.25. The Morgan fingerprint density at radius 3 is 2.81 bits per heavy atom. The molecule has 0 saturated heterocycles. The predicted octanol–water partition coefficient (Wildman–Crippen LogP) is 2.80. The van der Waals surface area contributed by atoms with Crippen LogP contribution in [0.15, 0.2) is 48.5 Å². The first kappa shape index (κ1) is 20.5. The molecule has 0 radical (unpaired) electrons.